The van der Waals surface area contributed by atoms with Gasteiger partial charge in [0.05, 0.1) is 5.69 Å². The molecule has 0 unspecified atom stereocenters. The van der Waals surface area contributed by atoms with Crippen molar-refractivity contribution in [2.24, 2.45) is 0 Å². The molecule has 1 aromatic heterocycles. The number of imidazole rings is 1. The van der Waals surface area contributed by atoms with E-state index in [-0.39, 0.29) is 0 Å². The largest absolute Gasteiger partial charge is 0.382 e. The van der Waals surface area contributed by atoms with E-state index in [9.17, 15) is 0 Å². The van der Waals surface area contributed by atoms with Crippen molar-refractivity contribution < 1.29 is 0 Å². The molecule has 0 saturated carbocycles. The second kappa shape index (κ2) is 4.25. The van der Waals surface area contributed by atoms with Crippen LogP contribution in [-0.2, 0) is 6.42 Å². The van der Waals surface area contributed by atoms with Gasteiger partial charge in [-0.05, 0) is 11.5 Å². The fraction of sp³-hybridized carbons (Fsp3) is 0.571. The number of nitrogens with two attached hydrogens (primary N) is 2. The number of hydrogen-bond donors (Lipinski definition) is 2. The summed E-state index contributed by atoms with van der Waals surface area (Å²) in [4.78, 5) is 4.09. The van der Waals surface area contributed by atoms with E-state index in [2.05, 4.69) is 11.9 Å². The summed E-state index contributed by atoms with van der Waals surface area (Å²) in [5, 5.41) is 0. The highest BCUT2D eigenvalue weighted by atomic mass is 32.2. The molecule has 0 atom stereocenters. The van der Waals surface area contributed by atoms with Crippen LogP contribution in [0.25, 0.3) is 0 Å². The van der Waals surface area contributed by atoms with Gasteiger partial charge in [-0.2, -0.15) is 11.8 Å². The average molecular weight is 186 g/mol. The molecule has 4 nitrogen and oxygen atoms in total. The molecule has 1 aromatic rings. The maximum Gasteiger partial charge on any atom is 0.145 e. The van der Waals surface area contributed by atoms with Crippen molar-refractivity contribution in [1.29, 1.82) is 0 Å². The summed E-state index contributed by atoms with van der Waals surface area (Å²) in [6.07, 6.45) is 2.44. The third-order valence-corrected chi connectivity index (χ3v) is 2.50. The SMILES string of the molecule is CCSCCc1ncn(N)c1N. The Kier molecular flexibility index (Phi) is 3.28. The lowest BCUT2D eigenvalue weighted by atomic mass is 10.3. The van der Waals surface area contributed by atoms with Gasteiger partial charge < -0.3 is 11.6 Å². The standard InChI is InChI=1S/C7H14N4S/c1-2-12-4-3-6-7(8)11(9)5-10-6/h5H,2-4,8-9H2,1H3. The monoisotopic (exact) mass is 186 g/mol. The van der Waals surface area contributed by atoms with Crippen molar-refractivity contribution in [3.63, 3.8) is 0 Å². The van der Waals surface area contributed by atoms with E-state index in [0.717, 1.165) is 23.6 Å². The summed E-state index contributed by atoms with van der Waals surface area (Å²) >= 11 is 1.88. The first kappa shape index (κ1) is 9.25. The van der Waals surface area contributed by atoms with E-state index in [4.69, 9.17) is 11.6 Å². The normalized spacial score (nSPS) is 10.4. The van der Waals surface area contributed by atoms with Gasteiger partial charge in [-0.25, -0.2) is 9.66 Å². The Hall–Kier alpha value is -0.840. The maximum absolute atomic E-state index is 5.65. The fourth-order valence-electron chi connectivity index (χ4n) is 0.915. The molecule has 0 fully saturated rings. The highest BCUT2D eigenvalue weighted by Gasteiger charge is 2.03. The number of thioether (sulfide) groups is 1. The lowest BCUT2D eigenvalue weighted by Crippen LogP contribution is -2.10. The first-order chi connectivity index (χ1) is 5.75. The van der Waals surface area contributed by atoms with E-state index < -0.39 is 0 Å². The summed E-state index contributed by atoms with van der Waals surface area (Å²) in [7, 11) is 0. The van der Waals surface area contributed by atoms with Crippen LogP contribution in [0, 0.1) is 0 Å². The number of rotatable bonds is 4. The van der Waals surface area contributed by atoms with Gasteiger partial charge in [-0.3, -0.25) is 0 Å². The first-order valence-corrected chi connectivity index (χ1v) is 5.05. The molecule has 5 heteroatoms. The third-order valence-electron chi connectivity index (χ3n) is 1.60. The highest BCUT2D eigenvalue weighted by Crippen LogP contribution is 2.10. The lowest BCUT2D eigenvalue weighted by Gasteiger charge is -1.98. The van der Waals surface area contributed by atoms with Crippen LogP contribution in [-0.4, -0.2) is 21.2 Å². The van der Waals surface area contributed by atoms with Gasteiger partial charge in [-0.15, -0.1) is 0 Å². The molecule has 0 radical (unpaired) electrons. The molecule has 0 amide bonds. The maximum atomic E-state index is 5.65. The van der Waals surface area contributed by atoms with Crippen molar-refractivity contribution in [2.75, 3.05) is 23.1 Å². The van der Waals surface area contributed by atoms with Gasteiger partial charge >= 0.3 is 0 Å². The molecule has 0 spiro atoms. The molecule has 0 aliphatic rings. The van der Waals surface area contributed by atoms with Crippen molar-refractivity contribution in [3.05, 3.63) is 12.0 Å². The molecule has 1 rings (SSSR count). The molecular formula is C7H14N4S. The van der Waals surface area contributed by atoms with Crippen LogP contribution in [0.5, 0.6) is 0 Å². The number of anilines is 1. The molecule has 0 aromatic carbocycles. The van der Waals surface area contributed by atoms with E-state index >= 15 is 0 Å². The molecule has 0 aliphatic carbocycles. The number of aromatic nitrogens is 2. The van der Waals surface area contributed by atoms with E-state index in [1.807, 2.05) is 11.8 Å². The topological polar surface area (TPSA) is 69.9 Å². The Morgan fingerprint density at radius 2 is 2.42 bits per heavy atom. The van der Waals surface area contributed by atoms with Gasteiger partial charge in [0, 0.05) is 6.42 Å². The number of nitrogen functional groups attached to an aromatic ring is 2. The number of aryl methyl sites for hydroxylation is 1. The predicted octanol–water partition coefficient (Wildman–Crippen LogP) is 0.475. The molecule has 4 N–H and O–H groups in total. The summed E-state index contributed by atoms with van der Waals surface area (Å²) in [5.74, 6) is 8.22. The zero-order chi connectivity index (χ0) is 8.97. The lowest BCUT2D eigenvalue weighted by molar-refractivity contribution is 1.01. The number of hydrogen-bond acceptors (Lipinski definition) is 4. The molecule has 1 heterocycles. The Labute approximate surface area is 76.3 Å². The van der Waals surface area contributed by atoms with Crippen LogP contribution in [0.1, 0.15) is 12.6 Å². The van der Waals surface area contributed by atoms with E-state index in [1.165, 1.54) is 4.68 Å². The van der Waals surface area contributed by atoms with E-state index in [1.54, 1.807) is 6.33 Å². The van der Waals surface area contributed by atoms with Gasteiger partial charge in [0.25, 0.3) is 0 Å². The molecule has 0 aliphatic heterocycles. The summed E-state index contributed by atoms with van der Waals surface area (Å²) in [6.45, 7) is 2.13. The molecule has 0 bridgehead atoms. The van der Waals surface area contributed by atoms with Crippen LogP contribution >= 0.6 is 11.8 Å². The predicted molar refractivity (Wildman–Crippen MR) is 53.5 cm³/mol. The van der Waals surface area contributed by atoms with Crippen LogP contribution in [0.15, 0.2) is 6.33 Å². The Morgan fingerprint density at radius 3 is 2.92 bits per heavy atom. The Balaban J connectivity index is 2.46. The van der Waals surface area contributed by atoms with Crippen LogP contribution in [0.4, 0.5) is 5.82 Å². The smallest absolute Gasteiger partial charge is 0.145 e. The van der Waals surface area contributed by atoms with Crippen molar-refractivity contribution >= 4 is 17.6 Å². The van der Waals surface area contributed by atoms with Crippen molar-refractivity contribution in [3.8, 4) is 0 Å². The van der Waals surface area contributed by atoms with Crippen LogP contribution < -0.4 is 11.6 Å². The van der Waals surface area contributed by atoms with Crippen LogP contribution in [0.2, 0.25) is 0 Å². The number of nitrogens with zero attached hydrogens (tertiary/aromatic N) is 2. The molecule has 12 heavy (non-hydrogen) atoms. The van der Waals surface area contributed by atoms with Gasteiger partial charge in [0.2, 0.25) is 0 Å². The molecule has 0 saturated heterocycles. The second-order valence-electron chi connectivity index (χ2n) is 2.43. The Morgan fingerprint density at radius 1 is 1.67 bits per heavy atom. The molecular weight excluding hydrogens is 172 g/mol. The van der Waals surface area contributed by atoms with Gasteiger partial charge in [0.15, 0.2) is 0 Å². The summed E-state index contributed by atoms with van der Waals surface area (Å²) in [6, 6.07) is 0. The van der Waals surface area contributed by atoms with Crippen molar-refractivity contribution in [2.45, 2.75) is 13.3 Å². The van der Waals surface area contributed by atoms with Crippen LogP contribution in [0.3, 0.4) is 0 Å². The summed E-state index contributed by atoms with van der Waals surface area (Å²) < 4.78 is 1.35. The van der Waals surface area contributed by atoms with E-state index in [0.29, 0.717) is 5.82 Å². The van der Waals surface area contributed by atoms with Gasteiger partial charge in [0.1, 0.15) is 12.1 Å². The Bertz CT molecular complexity index is 246. The summed E-state index contributed by atoms with van der Waals surface area (Å²) in [5.41, 5.74) is 6.55. The second-order valence-corrected chi connectivity index (χ2v) is 3.82. The van der Waals surface area contributed by atoms with Crippen molar-refractivity contribution in [1.82, 2.24) is 9.66 Å². The minimum atomic E-state index is 0.576. The molecule has 68 valence electrons. The minimum Gasteiger partial charge on any atom is -0.382 e. The first-order valence-electron chi connectivity index (χ1n) is 3.90. The van der Waals surface area contributed by atoms with Gasteiger partial charge in [-0.1, -0.05) is 6.92 Å². The fourth-order valence-corrected chi connectivity index (χ4v) is 1.54. The highest BCUT2D eigenvalue weighted by molar-refractivity contribution is 7.99. The quantitative estimate of drug-likeness (QED) is 0.530. The minimum absolute atomic E-state index is 0.576. The third kappa shape index (κ3) is 2.07. The average Bonchev–Trinajstić information content (AvgIpc) is 2.36. The zero-order valence-corrected chi connectivity index (χ0v) is 7.97. The zero-order valence-electron chi connectivity index (χ0n) is 7.16.